The molecule has 0 radical (unpaired) electrons. The summed E-state index contributed by atoms with van der Waals surface area (Å²) >= 11 is -0.106. The fraction of sp³-hybridized carbons (Fsp3) is 0. The van der Waals surface area contributed by atoms with Crippen LogP contribution in [-0.2, 0) is 15.9 Å². The first-order chi connectivity index (χ1) is 8.36. The van der Waals surface area contributed by atoms with Crippen molar-refractivity contribution in [2.24, 2.45) is 10.2 Å². The average molecular weight is 361 g/mol. The van der Waals surface area contributed by atoms with Crippen molar-refractivity contribution in [1.29, 1.82) is 0 Å². The molecule has 0 saturated heterocycles. The third-order valence-corrected chi connectivity index (χ3v) is 1.67. The van der Waals surface area contributed by atoms with Crippen molar-refractivity contribution < 1.29 is 15.9 Å². The number of azo groups is 1. The van der Waals surface area contributed by atoms with Crippen LogP contribution in [0.25, 0.3) is 0 Å². The van der Waals surface area contributed by atoms with Gasteiger partial charge in [-0.2, -0.15) is 0 Å². The maximum absolute atomic E-state index is 4.81. The minimum absolute atomic E-state index is 0.106. The second kappa shape index (κ2) is 9.26. The van der Waals surface area contributed by atoms with Crippen LogP contribution in [0.2, 0.25) is 0 Å². The molecule has 3 nitrogen and oxygen atoms in total. The van der Waals surface area contributed by atoms with Gasteiger partial charge in [-0.05, 0) is 24.3 Å². The standard InChI is InChI=1S/C11H9N3.2ClH.Pd/c1-2-6-10(7-3-1)13-14-11-8-4-5-9-12-11;;;/h1-9H;2*1H;/q;;;+2/p-2. The fourth-order valence-corrected chi connectivity index (χ4v) is 1.02. The van der Waals surface area contributed by atoms with E-state index in [-0.39, 0.29) is 15.9 Å². The minimum atomic E-state index is -0.106. The summed E-state index contributed by atoms with van der Waals surface area (Å²) in [5.74, 6) is 0.622. The van der Waals surface area contributed by atoms with Crippen LogP contribution in [-0.4, -0.2) is 4.98 Å². The molecule has 0 unspecified atom stereocenters. The first kappa shape index (κ1) is 14.3. The molecule has 0 fully saturated rings. The predicted octanol–water partition coefficient (Wildman–Crippen LogP) is 4.87. The number of hydrogen-bond acceptors (Lipinski definition) is 3. The molecule has 0 amide bonds. The zero-order chi connectivity index (χ0) is 12.3. The fourth-order valence-electron chi connectivity index (χ4n) is 1.02. The number of benzene rings is 1. The van der Waals surface area contributed by atoms with Crippen molar-refractivity contribution in [1.82, 2.24) is 4.98 Å². The van der Waals surface area contributed by atoms with Gasteiger partial charge in [0.1, 0.15) is 0 Å². The van der Waals surface area contributed by atoms with Crippen molar-refractivity contribution in [3.8, 4) is 0 Å². The molecule has 6 heteroatoms. The second-order valence-corrected chi connectivity index (χ2v) is 5.13. The van der Waals surface area contributed by atoms with Gasteiger partial charge in [0.15, 0.2) is 5.82 Å². The molecule has 2 rings (SSSR count). The van der Waals surface area contributed by atoms with Crippen molar-refractivity contribution in [2.45, 2.75) is 0 Å². The van der Waals surface area contributed by atoms with Gasteiger partial charge in [0.2, 0.25) is 0 Å². The van der Waals surface area contributed by atoms with E-state index >= 15 is 0 Å². The molecule has 0 N–H and O–H groups in total. The monoisotopic (exact) mass is 359 g/mol. The molecule has 0 atom stereocenters. The normalized spacial score (nSPS) is 10.0. The Kier molecular flexibility index (Phi) is 7.78. The molecule has 0 aliphatic carbocycles. The van der Waals surface area contributed by atoms with Crippen LogP contribution in [0.3, 0.4) is 0 Å². The molecule has 0 saturated carbocycles. The number of pyridine rings is 1. The van der Waals surface area contributed by atoms with Gasteiger partial charge in [-0.25, -0.2) is 4.98 Å². The Hall–Kier alpha value is -0.788. The summed E-state index contributed by atoms with van der Waals surface area (Å²) in [6.07, 6.45) is 1.69. The Morgan fingerprint density at radius 3 is 2.12 bits per heavy atom. The van der Waals surface area contributed by atoms with Crippen molar-refractivity contribution in [3.05, 3.63) is 54.7 Å². The van der Waals surface area contributed by atoms with E-state index in [9.17, 15) is 0 Å². The SMILES string of the molecule is [Cl][Pd][Cl].c1ccc(N=Nc2ccccn2)cc1. The molecule has 1 aromatic carbocycles. The third-order valence-electron chi connectivity index (χ3n) is 1.67. The van der Waals surface area contributed by atoms with E-state index in [1.807, 2.05) is 48.5 Å². The maximum Gasteiger partial charge on any atom is 0.174 e. The first-order valence-corrected chi connectivity index (χ1v) is 8.57. The van der Waals surface area contributed by atoms with E-state index in [1.54, 1.807) is 6.20 Å². The number of rotatable bonds is 2. The van der Waals surface area contributed by atoms with Gasteiger partial charge in [0.05, 0.1) is 5.69 Å². The number of halogens is 2. The molecule has 0 bridgehead atoms. The summed E-state index contributed by atoms with van der Waals surface area (Å²) in [5.41, 5.74) is 0.832. The molecule has 2 aromatic rings. The molecule has 0 aliphatic heterocycles. The number of aromatic nitrogens is 1. The van der Waals surface area contributed by atoms with E-state index < -0.39 is 0 Å². The summed E-state index contributed by atoms with van der Waals surface area (Å²) in [6, 6.07) is 15.1. The summed E-state index contributed by atoms with van der Waals surface area (Å²) in [7, 11) is 9.63. The van der Waals surface area contributed by atoms with Crippen LogP contribution in [0.5, 0.6) is 0 Å². The predicted molar refractivity (Wildman–Crippen MR) is 66.6 cm³/mol. The molecule has 0 spiro atoms. The Morgan fingerprint density at radius 1 is 0.882 bits per heavy atom. The van der Waals surface area contributed by atoms with E-state index in [2.05, 4.69) is 15.2 Å². The van der Waals surface area contributed by atoms with Crippen LogP contribution < -0.4 is 0 Å². The van der Waals surface area contributed by atoms with Crippen molar-refractivity contribution in [3.63, 3.8) is 0 Å². The minimum Gasteiger partial charge on any atom is -0.236 e. The third kappa shape index (κ3) is 6.50. The van der Waals surface area contributed by atoms with Crippen LogP contribution in [0, 0.1) is 0 Å². The molecule has 1 aromatic heterocycles. The molecule has 0 aliphatic rings. The maximum atomic E-state index is 4.81. The van der Waals surface area contributed by atoms with E-state index in [4.69, 9.17) is 19.1 Å². The number of nitrogens with zero attached hydrogens (tertiary/aromatic N) is 3. The largest absolute Gasteiger partial charge is 0.236 e. The van der Waals surface area contributed by atoms with Crippen LogP contribution in [0.15, 0.2) is 65.0 Å². The Morgan fingerprint density at radius 2 is 1.53 bits per heavy atom. The Bertz CT molecular complexity index is 395. The summed E-state index contributed by atoms with van der Waals surface area (Å²) < 4.78 is 0. The molecule has 1 heterocycles. The zero-order valence-electron chi connectivity index (χ0n) is 8.61. The van der Waals surface area contributed by atoms with Gasteiger partial charge in [-0.15, -0.1) is 10.2 Å². The number of hydrogen-bond donors (Lipinski definition) is 0. The van der Waals surface area contributed by atoms with Gasteiger partial charge in [0, 0.05) is 6.20 Å². The van der Waals surface area contributed by atoms with E-state index in [1.165, 1.54) is 0 Å². The summed E-state index contributed by atoms with van der Waals surface area (Å²) in [6.45, 7) is 0. The Labute approximate surface area is 116 Å². The van der Waals surface area contributed by atoms with Gasteiger partial charge >= 0.3 is 35.0 Å². The molecular weight excluding hydrogens is 351 g/mol. The second-order valence-electron chi connectivity index (χ2n) is 2.77. The van der Waals surface area contributed by atoms with Crippen molar-refractivity contribution >= 4 is 30.6 Å². The van der Waals surface area contributed by atoms with E-state index in [0.29, 0.717) is 5.82 Å². The first-order valence-electron chi connectivity index (χ1n) is 4.57. The van der Waals surface area contributed by atoms with Crippen molar-refractivity contribution in [2.75, 3.05) is 0 Å². The van der Waals surface area contributed by atoms with E-state index in [0.717, 1.165) is 5.69 Å². The summed E-state index contributed by atoms with van der Waals surface area (Å²) in [4.78, 5) is 4.03. The summed E-state index contributed by atoms with van der Waals surface area (Å²) in [5, 5.41) is 8.03. The van der Waals surface area contributed by atoms with Gasteiger partial charge in [-0.3, -0.25) is 0 Å². The zero-order valence-corrected chi connectivity index (χ0v) is 11.7. The quantitative estimate of drug-likeness (QED) is 0.556. The van der Waals surface area contributed by atoms with Gasteiger partial charge in [0.25, 0.3) is 0 Å². The van der Waals surface area contributed by atoms with Crippen LogP contribution in [0.4, 0.5) is 11.5 Å². The average Bonchev–Trinajstić information content (AvgIpc) is 2.40. The Balaban J connectivity index is 0.000000437. The molecular formula is C11H9Cl2N3Pd. The van der Waals surface area contributed by atoms with Gasteiger partial charge in [-0.1, -0.05) is 24.3 Å². The smallest absolute Gasteiger partial charge is 0.174 e. The van der Waals surface area contributed by atoms with Gasteiger partial charge < -0.3 is 0 Å². The molecule has 17 heavy (non-hydrogen) atoms. The molecule has 92 valence electrons. The topological polar surface area (TPSA) is 37.6 Å². The van der Waals surface area contributed by atoms with Crippen LogP contribution in [0.1, 0.15) is 0 Å². The van der Waals surface area contributed by atoms with Crippen LogP contribution >= 0.6 is 19.1 Å².